The van der Waals surface area contributed by atoms with Crippen molar-refractivity contribution >= 4 is 23.5 Å². The fourth-order valence-electron chi connectivity index (χ4n) is 2.69. The molecule has 1 aromatic rings. The van der Waals surface area contributed by atoms with E-state index in [9.17, 15) is 14.9 Å². The number of nitriles is 1. The maximum absolute atomic E-state index is 12.2. The van der Waals surface area contributed by atoms with Gasteiger partial charge in [-0.05, 0) is 18.9 Å². The summed E-state index contributed by atoms with van der Waals surface area (Å²) in [6.07, 6.45) is 5.70. The molecule has 1 aromatic heterocycles. The van der Waals surface area contributed by atoms with Gasteiger partial charge < -0.3 is 14.6 Å². The fraction of sp³-hybridized carbons (Fsp3) is 0.533. The van der Waals surface area contributed by atoms with E-state index in [0.717, 1.165) is 19.3 Å². The number of aromatic amines is 1. The largest absolute Gasteiger partial charge is 0.451 e. The summed E-state index contributed by atoms with van der Waals surface area (Å²) in [5.41, 5.74) is -0.592. The Morgan fingerprint density at radius 2 is 2.14 bits per heavy atom. The summed E-state index contributed by atoms with van der Waals surface area (Å²) in [6.45, 7) is -0.393. The minimum Gasteiger partial charge on any atom is -0.451 e. The highest BCUT2D eigenvalue weighted by Gasteiger charge is 2.39. The zero-order valence-corrected chi connectivity index (χ0v) is 13.2. The minimum absolute atomic E-state index is 0.188. The number of nitrogens with zero attached hydrogens (tertiary/aromatic N) is 2. The van der Waals surface area contributed by atoms with Gasteiger partial charge in [0.25, 0.3) is 5.91 Å². The maximum atomic E-state index is 12.2. The zero-order chi connectivity index (χ0) is 16.2. The first-order valence-electron chi connectivity index (χ1n) is 7.17. The molecule has 0 aromatic carbocycles. The number of amides is 1. The summed E-state index contributed by atoms with van der Waals surface area (Å²) < 4.78 is 4.98. The highest BCUT2D eigenvalue weighted by atomic mass is 35.5. The second kappa shape index (κ2) is 6.84. The first-order valence-corrected chi connectivity index (χ1v) is 7.55. The quantitative estimate of drug-likeness (QED) is 0.862. The van der Waals surface area contributed by atoms with Crippen molar-refractivity contribution in [1.82, 2.24) is 9.88 Å². The molecular weight excluding hydrogens is 306 g/mol. The number of nitrogens with one attached hydrogen (secondary N) is 1. The molecule has 0 saturated heterocycles. The van der Waals surface area contributed by atoms with Crippen molar-refractivity contribution in [2.24, 2.45) is 0 Å². The van der Waals surface area contributed by atoms with Gasteiger partial charge in [-0.2, -0.15) is 5.26 Å². The summed E-state index contributed by atoms with van der Waals surface area (Å²) in [7, 11) is 1.59. The normalized spacial score (nSPS) is 16.6. The summed E-state index contributed by atoms with van der Waals surface area (Å²) in [5.74, 6) is -1.03. The highest BCUT2D eigenvalue weighted by molar-refractivity contribution is 6.30. The van der Waals surface area contributed by atoms with Gasteiger partial charge in [0, 0.05) is 13.2 Å². The van der Waals surface area contributed by atoms with Crippen LogP contribution in [0.5, 0.6) is 0 Å². The molecule has 1 aliphatic rings. The van der Waals surface area contributed by atoms with Crippen LogP contribution in [-0.4, -0.2) is 41.0 Å². The molecule has 0 bridgehead atoms. The van der Waals surface area contributed by atoms with Crippen LogP contribution in [0.2, 0.25) is 5.02 Å². The molecule has 1 aliphatic carbocycles. The molecule has 0 aliphatic heterocycles. The van der Waals surface area contributed by atoms with E-state index in [4.69, 9.17) is 16.3 Å². The number of ether oxygens (including phenoxy) is 1. The van der Waals surface area contributed by atoms with Crippen molar-refractivity contribution < 1.29 is 14.3 Å². The van der Waals surface area contributed by atoms with Gasteiger partial charge in [-0.1, -0.05) is 30.9 Å². The lowest BCUT2D eigenvalue weighted by molar-refractivity contribution is -0.138. The Morgan fingerprint density at radius 3 is 2.68 bits per heavy atom. The Bertz CT molecular complexity index is 599. The average Bonchev–Trinajstić information content (AvgIpc) is 2.98. The molecule has 0 spiro atoms. The van der Waals surface area contributed by atoms with Crippen LogP contribution in [-0.2, 0) is 9.53 Å². The number of rotatable bonds is 4. The molecule has 6 nitrogen and oxygen atoms in total. The van der Waals surface area contributed by atoms with E-state index in [2.05, 4.69) is 11.1 Å². The predicted octanol–water partition coefficient (Wildman–Crippen LogP) is 2.51. The van der Waals surface area contributed by atoms with Crippen molar-refractivity contribution in [3.63, 3.8) is 0 Å². The molecule has 1 heterocycles. The lowest BCUT2D eigenvalue weighted by atomic mass is 9.81. The number of esters is 1. The van der Waals surface area contributed by atoms with Crippen LogP contribution in [0, 0.1) is 11.3 Å². The molecular formula is C15H18ClN3O3. The van der Waals surface area contributed by atoms with Crippen LogP contribution in [0.4, 0.5) is 0 Å². The summed E-state index contributed by atoms with van der Waals surface area (Å²) >= 11 is 5.71. The summed E-state index contributed by atoms with van der Waals surface area (Å²) in [6, 6.07) is 3.69. The van der Waals surface area contributed by atoms with Gasteiger partial charge in [0.1, 0.15) is 11.2 Å². The van der Waals surface area contributed by atoms with Gasteiger partial charge in [-0.25, -0.2) is 4.79 Å². The molecule has 22 heavy (non-hydrogen) atoms. The number of hydrogen-bond acceptors (Lipinski definition) is 4. The molecule has 1 amide bonds. The second-order valence-electron chi connectivity index (χ2n) is 5.46. The van der Waals surface area contributed by atoms with Gasteiger partial charge in [-0.3, -0.25) is 4.79 Å². The number of H-pyrrole nitrogens is 1. The van der Waals surface area contributed by atoms with E-state index in [1.54, 1.807) is 7.05 Å². The Morgan fingerprint density at radius 1 is 1.45 bits per heavy atom. The third-order valence-corrected chi connectivity index (χ3v) is 4.32. The first-order chi connectivity index (χ1) is 10.5. The van der Waals surface area contributed by atoms with Crippen molar-refractivity contribution in [1.29, 1.82) is 5.26 Å². The monoisotopic (exact) mass is 323 g/mol. The molecule has 0 atom stereocenters. The van der Waals surface area contributed by atoms with Crippen LogP contribution in [0.25, 0.3) is 0 Å². The topological polar surface area (TPSA) is 86.2 Å². The number of aromatic nitrogens is 1. The van der Waals surface area contributed by atoms with Gasteiger partial charge in [0.2, 0.25) is 0 Å². The molecule has 7 heteroatoms. The van der Waals surface area contributed by atoms with Crippen LogP contribution in [0.3, 0.4) is 0 Å². The lowest BCUT2D eigenvalue weighted by Crippen LogP contribution is -2.51. The standard InChI is InChI=1S/C15H18ClN3O3/c1-19(15(10-17)5-3-2-4-6-15)13(20)9-22-14(21)12-7-11(16)8-18-12/h7-8,18H,2-6,9H2,1H3. The van der Waals surface area contributed by atoms with E-state index in [-0.39, 0.29) is 11.6 Å². The van der Waals surface area contributed by atoms with Crippen molar-refractivity contribution in [2.75, 3.05) is 13.7 Å². The molecule has 0 radical (unpaired) electrons. The van der Waals surface area contributed by atoms with Gasteiger partial charge in [0.05, 0.1) is 11.1 Å². The van der Waals surface area contributed by atoms with Crippen LogP contribution in [0.15, 0.2) is 12.3 Å². The number of carbonyl (C=O) groups excluding carboxylic acids is 2. The SMILES string of the molecule is CN(C(=O)COC(=O)c1cc(Cl)c[nH]1)C1(C#N)CCCCC1. The lowest BCUT2D eigenvalue weighted by Gasteiger charge is -2.38. The maximum Gasteiger partial charge on any atom is 0.355 e. The van der Waals surface area contributed by atoms with E-state index < -0.39 is 18.1 Å². The van der Waals surface area contributed by atoms with Crippen LogP contribution >= 0.6 is 11.6 Å². The smallest absolute Gasteiger partial charge is 0.355 e. The summed E-state index contributed by atoms with van der Waals surface area (Å²) in [5, 5.41) is 9.84. The molecule has 1 saturated carbocycles. The second-order valence-corrected chi connectivity index (χ2v) is 5.90. The first kappa shape index (κ1) is 16.4. The predicted molar refractivity (Wildman–Crippen MR) is 80.3 cm³/mol. The van der Waals surface area contributed by atoms with Gasteiger partial charge in [0.15, 0.2) is 6.61 Å². The van der Waals surface area contributed by atoms with Crippen molar-refractivity contribution in [3.8, 4) is 6.07 Å². The van der Waals surface area contributed by atoms with Gasteiger partial charge >= 0.3 is 5.97 Å². The Labute approximate surface area is 134 Å². The minimum atomic E-state index is -0.780. The van der Waals surface area contributed by atoms with Crippen molar-refractivity contribution in [3.05, 3.63) is 23.0 Å². The zero-order valence-electron chi connectivity index (χ0n) is 12.4. The average molecular weight is 324 g/mol. The third kappa shape index (κ3) is 3.42. The fourth-order valence-corrected chi connectivity index (χ4v) is 2.85. The van der Waals surface area contributed by atoms with E-state index in [1.165, 1.54) is 17.2 Å². The number of carbonyl (C=O) groups is 2. The molecule has 2 rings (SSSR count). The Hall–Kier alpha value is -2.00. The molecule has 1 N–H and O–H groups in total. The Balaban J connectivity index is 1.94. The highest BCUT2D eigenvalue weighted by Crippen LogP contribution is 2.32. The molecule has 118 valence electrons. The third-order valence-electron chi connectivity index (χ3n) is 4.10. The molecule has 0 unspecified atom stereocenters. The van der Waals surface area contributed by atoms with E-state index >= 15 is 0 Å². The van der Waals surface area contributed by atoms with Crippen LogP contribution in [0.1, 0.15) is 42.6 Å². The summed E-state index contributed by atoms with van der Waals surface area (Å²) in [4.78, 5) is 28.0. The number of halogens is 1. The van der Waals surface area contributed by atoms with Gasteiger partial charge in [-0.15, -0.1) is 0 Å². The van der Waals surface area contributed by atoms with Crippen LogP contribution < -0.4 is 0 Å². The molecule has 1 fully saturated rings. The van der Waals surface area contributed by atoms with E-state index in [1.807, 2.05) is 0 Å². The Kier molecular flexibility index (Phi) is 5.09. The van der Waals surface area contributed by atoms with Crippen molar-refractivity contribution in [2.45, 2.75) is 37.6 Å². The number of likely N-dealkylation sites (N-methyl/N-ethyl adjacent to an activating group) is 1. The number of hydrogen-bond donors (Lipinski definition) is 1. The van der Waals surface area contributed by atoms with E-state index in [0.29, 0.717) is 17.9 Å².